The molecule has 0 aliphatic rings. The predicted octanol–water partition coefficient (Wildman–Crippen LogP) is 0.858. The molecule has 96 valence electrons. The summed E-state index contributed by atoms with van der Waals surface area (Å²) in [6.45, 7) is 2.36. The standard InChI is InChI=1S/C11H14N4O3/c1-7(6-17-2)15-9-3-10(18-11(13)16)14-5-8(9)4-12/h3,5,7H,6H2,1-2H3,(H2,13,16)(H,14,15). The maximum atomic E-state index is 10.6. The van der Waals surface area contributed by atoms with E-state index in [1.54, 1.807) is 7.11 Å². The van der Waals surface area contributed by atoms with E-state index in [2.05, 4.69) is 15.0 Å². The molecule has 18 heavy (non-hydrogen) atoms. The van der Waals surface area contributed by atoms with Gasteiger partial charge in [-0.15, -0.1) is 0 Å². The van der Waals surface area contributed by atoms with Crippen LogP contribution >= 0.6 is 0 Å². The summed E-state index contributed by atoms with van der Waals surface area (Å²) in [5.41, 5.74) is 5.74. The van der Waals surface area contributed by atoms with Crippen LogP contribution in [0.5, 0.6) is 5.88 Å². The molecule has 1 atom stereocenters. The molecule has 0 aliphatic heterocycles. The van der Waals surface area contributed by atoms with Gasteiger partial charge >= 0.3 is 6.09 Å². The Kier molecular flexibility index (Phi) is 4.90. The van der Waals surface area contributed by atoms with Crippen molar-refractivity contribution in [1.29, 1.82) is 5.26 Å². The van der Waals surface area contributed by atoms with Crippen molar-refractivity contribution in [2.45, 2.75) is 13.0 Å². The number of carbonyl (C=O) groups is 1. The van der Waals surface area contributed by atoms with Crippen molar-refractivity contribution >= 4 is 11.8 Å². The lowest BCUT2D eigenvalue weighted by molar-refractivity contribution is 0.190. The minimum Gasteiger partial charge on any atom is -0.391 e. The molecule has 1 amide bonds. The Morgan fingerprint density at radius 2 is 2.44 bits per heavy atom. The number of hydrogen-bond acceptors (Lipinski definition) is 6. The Morgan fingerprint density at radius 1 is 1.72 bits per heavy atom. The number of methoxy groups -OCH3 is 1. The summed E-state index contributed by atoms with van der Waals surface area (Å²) in [6.07, 6.45) is 0.350. The Hall–Kier alpha value is -2.33. The quantitative estimate of drug-likeness (QED) is 0.801. The third kappa shape index (κ3) is 3.92. The summed E-state index contributed by atoms with van der Waals surface area (Å²) < 4.78 is 9.62. The van der Waals surface area contributed by atoms with Crippen molar-refractivity contribution in [1.82, 2.24) is 4.98 Å². The van der Waals surface area contributed by atoms with Crippen molar-refractivity contribution in [2.24, 2.45) is 5.73 Å². The minimum atomic E-state index is -0.955. The van der Waals surface area contributed by atoms with Gasteiger partial charge in [0.2, 0.25) is 5.88 Å². The zero-order valence-electron chi connectivity index (χ0n) is 10.1. The Labute approximate surface area is 105 Å². The highest BCUT2D eigenvalue weighted by atomic mass is 16.6. The van der Waals surface area contributed by atoms with E-state index < -0.39 is 6.09 Å². The first-order valence-electron chi connectivity index (χ1n) is 5.19. The van der Waals surface area contributed by atoms with Crippen LogP contribution in [0, 0.1) is 11.3 Å². The molecule has 0 radical (unpaired) electrons. The fourth-order valence-electron chi connectivity index (χ4n) is 1.36. The van der Waals surface area contributed by atoms with E-state index in [1.165, 1.54) is 12.3 Å². The van der Waals surface area contributed by atoms with Gasteiger partial charge in [0, 0.05) is 19.2 Å². The number of ether oxygens (including phenoxy) is 2. The molecule has 1 unspecified atom stereocenters. The number of pyridine rings is 1. The van der Waals surface area contributed by atoms with Gasteiger partial charge in [0.25, 0.3) is 0 Å². The third-order valence-electron chi connectivity index (χ3n) is 2.02. The maximum Gasteiger partial charge on any atom is 0.411 e. The van der Waals surface area contributed by atoms with Gasteiger partial charge < -0.3 is 20.5 Å². The first kappa shape index (κ1) is 13.7. The number of rotatable bonds is 5. The maximum absolute atomic E-state index is 10.6. The zero-order chi connectivity index (χ0) is 13.5. The molecule has 7 heteroatoms. The molecule has 3 N–H and O–H groups in total. The molecule has 0 aromatic carbocycles. The lowest BCUT2D eigenvalue weighted by Gasteiger charge is -2.15. The number of amides is 1. The van der Waals surface area contributed by atoms with Crippen LogP contribution in [0.1, 0.15) is 12.5 Å². The molecule has 1 aromatic rings. The highest BCUT2D eigenvalue weighted by Gasteiger charge is 2.10. The highest BCUT2D eigenvalue weighted by Crippen LogP contribution is 2.20. The van der Waals surface area contributed by atoms with E-state index in [9.17, 15) is 4.79 Å². The van der Waals surface area contributed by atoms with E-state index >= 15 is 0 Å². The number of anilines is 1. The number of aromatic nitrogens is 1. The molecule has 0 aliphatic carbocycles. The second-order valence-corrected chi connectivity index (χ2v) is 3.60. The first-order chi connectivity index (χ1) is 8.56. The lowest BCUT2D eigenvalue weighted by Crippen LogP contribution is -2.22. The van der Waals surface area contributed by atoms with Crippen LogP contribution < -0.4 is 15.8 Å². The fraction of sp³-hybridized carbons (Fsp3) is 0.364. The largest absolute Gasteiger partial charge is 0.411 e. The highest BCUT2D eigenvalue weighted by molar-refractivity contribution is 5.68. The smallest absolute Gasteiger partial charge is 0.391 e. The molecule has 0 fully saturated rings. The summed E-state index contributed by atoms with van der Waals surface area (Å²) in [7, 11) is 1.58. The van der Waals surface area contributed by atoms with E-state index in [0.717, 1.165) is 0 Å². The Morgan fingerprint density at radius 3 is 3.00 bits per heavy atom. The number of nitrogens with two attached hydrogens (primary N) is 1. The second-order valence-electron chi connectivity index (χ2n) is 3.60. The summed E-state index contributed by atoms with van der Waals surface area (Å²) in [6, 6.07) is 3.42. The summed E-state index contributed by atoms with van der Waals surface area (Å²) in [4.78, 5) is 14.4. The van der Waals surface area contributed by atoms with E-state index in [1.807, 2.05) is 13.0 Å². The number of nitrogens with one attached hydrogen (secondary N) is 1. The van der Waals surface area contributed by atoms with Gasteiger partial charge in [-0.1, -0.05) is 0 Å². The minimum absolute atomic E-state index is 0.00840. The molecule has 1 heterocycles. The molecule has 0 spiro atoms. The van der Waals surface area contributed by atoms with E-state index in [-0.39, 0.29) is 11.9 Å². The van der Waals surface area contributed by atoms with Crippen LogP contribution in [0.4, 0.5) is 10.5 Å². The van der Waals surface area contributed by atoms with Gasteiger partial charge in [-0.25, -0.2) is 9.78 Å². The van der Waals surface area contributed by atoms with Crippen LogP contribution in [-0.4, -0.2) is 30.8 Å². The summed E-state index contributed by atoms with van der Waals surface area (Å²) in [5.74, 6) is 0.0358. The number of nitriles is 1. The number of primary amides is 1. The zero-order valence-corrected chi connectivity index (χ0v) is 10.1. The van der Waals surface area contributed by atoms with Crippen molar-refractivity contribution in [2.75, 3.05) is 19.0 Å². The SMILES string of the molecule is COCC(C)Nc1cc(OC(N)=O)ncc1C#N. The normalized spacial score (nSPS) is 11.4. The van der Waals surface area contributed by atoms with Crippen molar-refractivity contribution < 1.29 is 14.3 Å². The molecule has 1 rings (SSSR count). The van der Waals surface area contributed by atoms with Gasteiger partial charge in [0.05, 0.1) is 24.1 Å². The molecule has 0 saturated carbocycles. The molecule has 0 saturated heterocycles. The molecular weight excluding hydrogens is 236 g/mol. The van der Waals surface area contributed by atoms with Crippen molar-refractivity contribution in [3.05, 3.63) is 17.8 Å². The topological polar surface area (TPSA) is 110 Å². The van der Waals surface area contributed by atoms with Gasteiger partial charge in [0.1, 0.15) is 6.07 Å². The van der Waals surface area contributed by atoms with Gasteiger partial charge in [0.15, 0.2) is 0 Å². The van der Waals surface area contributed by atoms with Crippen LogP contribution in [-0.2, 0) is 4.74 Å². The third-order valence-corrected chi connectivity index (χ3v) is 2.02. The molecule has 7 nitrogen and oxygen atoms in total. The predicted molar refractivity (Wildman–Crippen MR) is 64.1 cm³/mol. The van der Waals surface area contributed by atoms with Crippen LogP contribution in [0.3, 0.4) is 0 Å². The number of carbonyl (C=O) groups excluding carboxylic acids is 1. The van der Waals surface area contributed by atoms with E-state index in [0.29, 0.717) is 17.9 Å². The van der Waals surface area contributed by atoms with E-state index in [4.69, 9.17) is 15.7 Å². The van der Waals surface area contributed by atoms with Crippen LogP contribution in [0.15, 0.2) is 12.3 Å². The average molecular weight is 250 g/mol. The van der Waals surface area contributed by atoms with Gasteiger partial charge in [-0.2, -0.15) is 5.26 Å². The Balaban J connectivity index is 2.92. The molecule has 1 aromatic heterocycles. The number of nitrogens with zero attached hydrogens (tertiary/aromatic N) is 2. The first-order valence-corrected chi connectivity index (χ1v) is 5.19. The molecular formula is C11H14N4O3. The molecule has 0 bridgehead atoms. The summed E-state index contributed by atoms with van der Waals surface area (Å²) >= 11 is 0. The van der Waals surface area contributed by atoms with Crippen LogP contribution in [0.2, 0.25) is 0 Å². The monoisotopic (exact) mass is 250 g/mol. The average Bonchev–Trinajstić information content (AvgIpc) is 2.28. The van der Waals surface area contributed by atoms with Gasteiger partial charge in [-0.05, 0) is 6.92 Å². The number of hydrogen-bond donors (Lipinski definition) is 2. The van der Waals surface area contributed by atoms with Crippen LogP contribution in [0.25, 0.3) is 0 Å². The Bertz CT molecular complexity index is 470. The fourth-order valence-corrected chi connectivity index (χ4v) is 1.36. The summed E-state index contributed by atoms with van der Waals surface area (Å²) in [5, 5.41) is 12.0. The van der Waals surface area contributed by atoms with Gasteiger partial charge in [-0.3, -0.25) is 0 Å². The second kappa shape index (κ2) is 6.42. The lowest BCUT2D eigenvalue weighted by atomic mass is 10.2. The van der Waals surface area contributed by atoms with Crippen molar-refractivity contribution in [3.63, 3.8) is 0 Å². The van der Waals surface area contributed by atoms with Crippen molar-refractivity contribution in [3.8, 4) is 11.9 Å².